The van der Waals surface area contributed by atoms with Crippen LogP contribution in [0.15, 0.2) is 54.6 Å². The van der Waals surface area contributed by atoms with Gasteiger partial charge in [0.1, 0.15) is 11.5 Å². The molecule has 0 heterocycles. The van der Waals surface area contributed by atoms with Gasteiger partial charge in [0.2, 0.25) is 10.0 Å². The lowest BCUT2D eigenvalue weighted by atomic mass is 10.2. The van der Waals surface area contributed by atoms with Crippen molar-refractivity contribution in [2.75, 3.05) is 25.9 Å². The third-order valence-corrected chi connectivity index (χ3v) is 5.74. The van der Waals surface area contributed by atoms with Crippen LogP contribution in [0.3, 0.4) is 0 Å². The van der Waals surface area contributed by atoms with Gasteiger partial charge in [-0.05, 0) is 37.6 Å². The lowest BCUT2D eigenvalue weighted by molar-refractivity contribution is 0.0950. The van der Waals surface area contributed by atoms with Gasteiger partial charge < -0.3 is 10.1 Å². The molecule has 1 N–H and O–H groups in total. The van der Waals surface area contributed by atoms with Crippen molar-refractivity contribution in [1.82, 2.24) is 9.62 Å². The number of nitrogens with one attached hydrogen (secondary N) is 1. The zero-order valence-electron chi connectivity index (χ0n) is 15.0. The van der Waals surface area contributed by atoms with Gasteiger partial charge in [0, 0.05) is 20.1 Å². The number of amides is 1. The van der Waals surface area contributed by atoms with E-state index >= 15 is 0 Å². The normalized spacial score (nSPS) is 11.3. The van der Waals surface area contributed by atoms with Crippen molar-refractivity contribution in [3.8, 4) is 11.5 Å². The number of ether oxygens (including phenoxy) is 1. The Balaban J connectivity index is 1.92. The van der Waals surface area contributed by atoms with Crippen LogP contribution in [-0.2, 0) is 10.0 Å². The van der Waals surface area contributed by atoms with Crippen molar-refractivity contribution in [3.05, 3.63) is 60.2 Å². The number of nitrogens with zero attached hydrogens (tertiary/aromatic N) is 1. The molecular formula is C19H24N2O4S. The molecule has 0 atom stereocenters. The summed E-state index contributed by atoms with van der Waals surface area (Å²) in [5, 5.41) is 2.81. The van der Waals surface area contributed by atoms with E-state index < -0.39 is 10.0 Å². The van der Waals surface area contributed by atoms with Crippen LogP contribution in [-0.4, -0.2) is 44.5 Å². The summed E-state index contributed by atoms with van der Waals surface area (Å²) in [6.45, 7) is 2.35. The van der Waals surface area contributed by atoms with Crippen LogP contribution in [0.1, 0.15) is 23.7 Å². The fourth-order valence-corrected chi connectivity index (χ4v) is 3.17. The molecule has 0 saturated heterocycles. The lowest BCUT2D eigenvalue weighted by Gasteiger charge is -2.16. The van der Waals surface area contributed by atoms with Crippen LogP contribution in [0, 0.1) is 0 Å². The SMILES string of the molecule is CCS(=O)(=O)N(C)CCCNC(=O)c1ccccc1Oc1ccccc1. The third kappa shape index (κ3) is 5.57. The molecule has 2 rings (SSSR count). The molecule has 26 heavy (non-hydrogen) atoms. The summed E-state index contributed by atoms with van der Waals surface area (Å²) in [4.78, 5) is 12.4. The van der Waals surface area contributed by atoms with Gasteiger partial charge in [0.25, 0.3) is 5.91 Å². The van der Waals surface area contributed by atoms with Crippen molar-refractivity contribution in [2.45, 2.75) is 13.3 Å². The molecule has 140 valence electrons. The van der Waals surface area contributed by atoms with Gasteiger partial charge in [-0.3, -0.25) is 4.79 Å². The van der Waals surface area contributed by atoms with Gasteiger partial charge in [0.15, 0.2) is 0 Å². The molecule has 6 nitrogen and oxygen atoms in total. The summed E-state index contributed by atoms with van der Waals surface area (Å²) in [6.07, 6.45) is 0.531. The maximum absolute atomic E-state index is 12.4. The highest BCUT2D eigenvalue weighted by molar-refractivity contribution is 7.89. The van der Waals surface area contributed by atoms with E-state index in [0.29, 0.717) is 36.6 Å². The molecule has 1 amide bonds. The Bertz CT molecular complexity index is 822. The monoisotopic (exact) mass is 376 g/mol. The highest BCUT2D eigenvalue weighted by Crippen LogP contribution is 2.24. The minimum absolute atomic E-state index is 0.0695. The van der Waals surface area contributed by atoms with Crippen molar-refractivity contribution < 1.29 is 17.9 Å². The summed E-state index contributed by atoms with van der Waals surface area (Å²) in [6, 6.07) is 16.3. The number of sulfonamides is 1. The smallest absolute Gasteiger partial charge is 0.255 e. The standard InChI is InChI=1S/C19H24N2O4S/c1-3-26(23,24)21(2)15-9-14-20-19(22)17-12-7-8-13-18(17)25-16-10-5-4-6-11-16/h4-8,10-13H,3,9,14-15H2,1-2H3,(H,20,22). The molecule has 0 aliphatic rings. The lowest BCUT2D eigenvalue weighted by Crippen LogP contribution is -2.32. The van der Waals surface area contributed by atoms with Gasteiger partial charge >= 0.3 is 0 Å². The van der Waals surface area contributed by atoms with E-state index in [4.69, 9.17) is 4.74 Å². The van der Waals surface area contributed by atoms with Crippen LogP contribution in [0.2, 0.25) is 0 Å². The number of carbonyl (C=O) groups excluding carboxylic acids is 1. The van der Waals surface area contributed by atoms with E-state index in [1.165, 1.54) is 4.31 Å². The maximum Gasteiger partial charge on any atom is 0.255 e. The van der Waals surface area contributed by atoms with Crippen LogP contribution in [0.25, 0.3) is 0 Å². The summed E-state index contributed by atoms with van der Waals surface area (Å²) in [5.74, 6) is 0.943. The molecule has 0 aliphatic carbocycles. The second-order valence-electron chi connectivity index (χ2n) is 5.74. The van der Waals surface area contributed by atoms with E-state index in [1.807, 2.05) is 30.3 Å². The van der Waals surface area contributed by atoms with Crippen molar-refractivity contribution >= 4 is 15.9 Å². The second-order valence-corrected chi connectivity index (χ2v) is 8.11. The molecule has 0 bridgehead atoms. The zero-order chi connectivity index (χ0) is 19.0. The minimum Gasteiger partial charge on any atom is -0.457 e. The fourth-order valence-electron chi connectivity index (χ4n) is 2.32. The zero-order valence-corrected chi connectivity index (χ0v) is 15.8. The molecule has 7 heteroatoms. The number of benzene rings is 2. The molecule has 0 aliphatic heterocycles. The molecule has 0 spiro atoms. The Labute approximate surface area is 154 Å². The molecule has 2 aromatic carbocycles. The molecule has 0 saturated carbocycles. The van der Waals surface area contributed by atoms with Gasteiger partial charge in [0.05, 0.1) is 11.3 Å². The first-order valence-electron chi connectivity index (χ1n) is 8.48. The molecular weight excluding hydrogens is 352 g/mol. The fraction of sp³-hybridized carbons (Fsp3) is 0.316. The summed E-state index contributed by atoms with van der Waals surface area (Å²) < 4.78 is 30.5. The number of rotatable bonds is 9. The summed E-state index contributed by atoms with van der Waals surface area (Å²) in [5.41, 5.74) is 0.436. The second kappa shape index (κ2) is 9.35. The van der Waals surface area contributed by atoms with Crippen LogP contribution in [0.5, 0.6) is 11.5 Å². The van der Waals surface area contributed by atoms with Gasteiger partial charge in [-0.1, -0.05) is 30.3 Å². The van der Waals surface area contributed by atoms with Crippen molar-refractivity contribution in [2.24, 2.45) is 0 Å². The topological polar surface area (TPSA) is 75.7 Å². The van der Waals surface area contributed by atoms with Crippen LogP contribution in [0.4, 0.5) is 0 Å². The molecule has 2 aromatic rings. The number of hydrogen-bond acceptors (Lipinski definition) is 4. The Kier molecular flexibility index (Phi) is 7.17. The van der Waals surface area contributed by atoms with E-state index in [-0.39, 0.29) is 11.7 Å². The van der Waals surface area contributed by atoms with E-state index in [1.54, 1.807) is 38.2 Å². The van der Waals surface area contributed by atoms with E-state index in [2.05, 4.69) is 5.32 Å². The Hall–Kier alpha value is -2.38. The highest BCUT2D eigenvalue weighted by atomic mass is 32.2. The first-order chi connectivity index (χ1) is 12.4. The average molecular weight is 376 g/mol. The first kappa shape index (κ1) is 19.9. The molecule has 0 radical (unpaired) electrons. The Morgan fingerprint density at radius 3 is 2.42 bits per heavy atom. The number of carbonyl (C=O) groups is 1. The van der Waals surface area contributed by atoms with Gasteiger partial charge in [-0.25, -0.2) is 12.7 Å². The molecule has 0 unspecified atom stereocenters. The summed E-state index contributed by atoms with van der Waals surface area (Å²) >= 11 is 0. The first-order valence-corrected chi connectivity index (χ1v) is 10.1. The highest BCUT2D eigenvalue weighted by Gasteiger charge is 2.15. The predicted octanol–water partition coefficient (Wildman–Crippen LogP) is 2.88. The molecule has 0 aromatic heterocycles. The van der Waals surface area contributed by atoms with E-state index in [9.17, 15) is 13.2 Å². The number of hydrogen-bond donors (Lipinski definition) is 1. The molecule has 0 fully saturated rings. The Morgan fingerprint density at radius 2 is 1.73 bits per heavy atom. The van der Waals surface area contributed by atoms with E-state index in [0.717, 1.165) is 0 Å². The minimum atomic E-state index is -3.19. The van der Waals surface area contributed by atoms with Crippen LogP contribution < -0.4 is 10.1 Å². The quantitative estimate of drug-likeness (QED) is 0.683. The van der Waals surface area contributed by atoms with Gasteiger partial charge in [-0.2, -0.15) is 0 Å². The Morgan fingerprint density at radius 1 is 1.08 bits per heavy atom. The number of para-hydroxylation sites is 2. The largest absolute Gasteiger partial charge is 0.457 e. The predicted molar refractivity (Wildman–Crippen MR) is 102 cm³/mol. The van der Waals surface area contributed by atoms with Crippen molar-refractivity contribution in [1.29, 1.82) is 0 Å². The average Bonchev–Trinajstić information content (AvgIpc) is 2.66. The van der Waals surface area contributed by atoms with Crippen molar-refractivity contribution in [3.63, 3.8) is 0 Å². The van der Waals surface area contributed by atoms with Crippen LogP contribution >= 0.6 is 0 Å². The maximum atomic E-state index is 12.4. The van der Waals surface area contributed by atoms with Gasteiger partial charge in [-0.15, -0.1) is 0 Å². The summed E-state index contributed by atoms with van der Waals surface area (Å²) in [7, 11) is -1.65. The third-order valence-electron chi connectivity index (χ3n) is 3.88.